The maximum Gasteiger partial charge on any atom is 0.220 e. The molecule has 0 aromatic heterocycles. The number of aliphatic hydroxyl groups is 5. The first kappa shape index (κ1) is 44.2. The molecule has 9 nitrogen and oxygen atoms in total. The van der Waals surface area contributed by atoms with E-state index in [0.717, 1.165) is 38.5 Å². The van der Waals surface area contributed by atoms with Gasteiger partial charge in [0.25, 0.3) is 0 Å². The molecule has 1 saturated heterocycles. The summed E-state index contributed by atoms with van der Waals surface area (Å²) in [6.07, 6.45) is 22.5. The van der Waals surface area contributed by atoms with Gasteiger partial charge in [0.15, 0.2) is 6.29 Å². The number of ether oxygens (including phenoxy) is 2. The van der Waals surface area contributed by atoms with E-state index in [1.807, 2.05) is 0 Å². The van der Waals surface area contributed by atoms with E-state index in [0.29, 0.717) is 12.8 Å². The molecule has 0 aromatic rings. The second-order valence-electron chi connectivity index (χ2n) is 14.1. The lowest BCUT2D eigenvalue weighted by molar-refractivity contribution is -0.302. The minimum atomic E-state index is -1.55. The zero-order valence-electron chi connectivity index (χ0n) is 30.3. The summed E-state index contributed by atoms with van der Waals surface area (Å²) in [4.78, 5) is 12.9. The summed E-state index contributed by atoms with van der Waals surface area (Å²) in [6.45, 7) is 3.81. The van der Waals surface area contributed by atoms with E-state index >= 15 is 0 Å². The second kappa shape index (κ2) is 30.1. The summed E-state index contributed by atoms with van der Waals surface area (Å²) in [5, 5.41) is 54.0. The number of aliphatic hydroxyl groups excluding tert-OH is 5. The van der Waals surface area contributed by atoms with Crippen LogP contribution >= 0.6 is 0 Å². The lowest BCUT2D eigenvalue weighted by Crippen LogP contribution is -2.60. The zero-order valence-corrected chi connectivity index (χ0v) is 30.3. The van der Waals surface area contributed by atoms with Crippen LogP contribution in [0.3, 0.4) is 0 Å². The van der Waals surface area contributed by atoms with Crippen LogP contribution in [0.1, 0.15) is 181 Å². The molecule has 1 aliphatic rings. The van der Waals surface area contributed by atoms with Crippen LogP contribution in [0.25, 0.3) is 0 Å². The zero-order chi connectivity index (χ0) is 34.5. The molecule has 2 unspecified atom stereocenters. The van der Waals surface area contributed by atoms with Crippen LogP contribution in [0.15, 0.2) is 0 Å². The average Bonchev–Trinajstić information content (AvgIpc) is 3.07. The molecule has 0 bridgehead atoms. The first-order chi connectivity index (χ1) is 22.8. The van der Waals surface area contributed by atoms with Crippen LogP contribution in [0.4, 0.5) is 0 Å². The van der Waals surface area contributed by atoms with Gasteiger partial charge in [-0.25, -0.2) is 0 Å². The third-order valence-corrected chi connectivity index (χ3v) is 9.71. The minimum absolute atomic E-state index is 0.133. The van der Waals surface area contributed by atoms with Gasteiger partial charge in [0.1, 0.15) is 24.4 Å². The van der Waals surface area contributed by atoms with Crippen LogP contribution < -0.4 is 5.32 Å². The predicted molar refractivity (Wildman–Crippen MR) is 189 cm³/mol. The molecule has 1 amide bonds. The van der Waals surface area contributed by atoms with Crippen molar-refractivity contribution in [3.8, 4) is 0 Å². The maximum atomic E-state index is 12.9. The molecule has 0 radical (unpaired) electrons. The highest BCUT2D eigenvalue weighted by Crippen LogP contribution is 2.23. The Morgan fingerprint density at radius 3 is 1.51 bits per heavy atom. The Bertz CT molecular complexity index is 711. The monoisotopic (exact) mass is 674 g/mol. The first-order valence-corrected chi connectivity index (χ1v) is 19.7. The van der Waals surface area contributed by atoms with Crippen LogP contribution in [-0.2, 0) is 14.3 Å². The summed E-state index contributed by atoms with van der Waals surface area (Å²) >= 11 is 0. The van der Waals surface area contributed by atoms with E-state index in [9.17, 15) is 30.3 Å². The van der Waals surface area contributed by atoms with Crippen molar-refractivity contribution < 1.29 is 39.8 Å². The molecule has 1 fully saturated rings. The Balaban J connectivity index is 2.41. The number of unbranched alkanes of at least 4 members (excludes halogenated alkanes) is 22. The third kappa shape index (κ3) is 21.8. The van der Waals surface area contributed by atoms with Gasteiger partial charge in [0, 0.05) is 6.42 Å². The van der Waals surface area contributed by atoms with E-state index in [1.165, 1.54) is 116 Å². The fraction of sp³-hybridized carbons (Fsp3) is 0.974. The Hall–Kier alpha value is -0.810. The molecule has 9 heteroatoms. The van der Waals surface area contributed by atoms with Crippen molar-refractivity contribution in [1.82, 2.24) is 5.32 Å². The van der Waals surface area contributed by atoms with Gasteiger partial charge in [-0.2, -0.15) is 0 Å². The third-order valence-electron chi connectivity index (χ3n) is 9.71. The highest BCUT2D eigenvalue weighted by atomic mass is 16.7. The molecule has 1 rings (SSSR count). The Labute approximate surface area is 287 Å². The number of nitrogens with one attached hydrogen (secondary N) is 1. The standard InChI is InChI=1S/C38H75NO8/c1-3-5-7-9-11-13-15-17-19-21-23-25-27-32(41)31(30-46-38-37(45)36(44)35(43)33(29-40)47-38)39-34(42)28-26-24-22-20-18-16-14-12-10-8-6-4-2/h31-33,35-38,40-41,43-45H,3-30H2,1-2H3,(H,39,42)/t31-,32+,33+,35-,36?,37?,38+/m0/s1. The normalized spacial score (nSPS) is 22.7. The molecule has 1 heterocycles. The van der Waals surface area contributed by atoms with Crippen LogP contribution in [0, 0.1) is 0 Å². The quantitative estimate of drug-likeness (QED) is 0.0426. The number of hydrogen-bond acceptors (Lipinski definition) is 8. The van der Waals surface area contributed by atoms with E-state index < -0.39 is 49.5 Å². The summed E-state index contributed by atoms with van der Waals surface area (Å²) in [5.41, 5.74) is 0. The number of carbonyl (C=O) groups excluding carboxylic acids is 1. The van der Waals surface area contributed by atoms with Gasteiger partial charge in [-0.3, -0.25) is 4.79 Å². The molecule has 0 spiro atoms. The molecular formula is C38H75NO8. The number of rotatable bonds is 32. The number of carbonyl (C=O) groups is 1. The van der Waals surface area contributed by atoms with Crippen molar-refractivity contribution in [1.29, 1.82) is 0 Å². The lowest BCUT2D eigenvalue weighted by Gasteiger charge is -2.40. The van der Waals surface area contributed by atoms with Gasteiger partial charge in [-0.1, -0.05) is 162 Å². The molecule has 0 aromatic carbocycles. The molecule has 1 aliphatic heterocycles. The van der Waals surface area contributed by atoms with Crippen molar-refractivity contribution in [2.24, 2.45) is 0 Å². The van der Waals surface area contributed by atoms with E-state index in [1.54, 1.807) is 0 Å². The SMILES string of the molecule is CCCCCCCCCCCCCCC(=O)N[C@@H](CO[C@@H]1O[C@H](CO)[C@H](O)C(O)C1O)[C@H](O)CCCCCCCCCCCCCC. The Morgan fingerprint density at radius 1 is 0.638 bits per heavy atom. The average molecular weight is 674 g/mol. The van der Waals surface area contributed by atoms with Gasteiger partial charge in [0.05, 0.1) is 25.4 Å². The largest absolute Gasteiger partial charge is 0.394 e. The number of amides is 1. The van der Waals surface area contributed by atoms with Crippen molar-refractivity contribution in [3.63, 3.8) is 0 Å². The molecule has 47 heavy (non-hydrogen) atoms. The van der Waals surface area contributed by atoms with Crippen LogP contribution in [-0.4, -0.2) is 87.5 Å². The Kier molecular flexibility index (Phi) is 28.3. The summed E-state index contributed by atoms with van der Waals surface area (Å²) < 4.78 is 11.2. The fourth-order valence-corrected chi connectivity index (χ4v) is 6.45. The van der Waals surface area contributed by atoms with Crippen LogP contribution in [0.5, 0.6) is 0 Å². The minimum Gasteiger partial charge on any atom is -0.394 e. The summed E-state index contributed by atoms with van der Waals surface area (Å²) in [6, 6.07) is -0.708. The van der Waals surface area contributed by atoms with Crippen molar-refractivity contribution in [2.75, 3.05) is 13.2 Å². The molecule has 280 valence electrons. The van der Waals surface area contributed by atoms with Crippen molar-refractivity contribution in [2.45, 2.75) is 224 Å². The van der Waals surface area contributed by atoms with Crippen molar-refractivity contribution >= 4 is 5.91 Å². The van der Waals surface area contributed by atoms with E-state index in [-0.39, 0.29) is 12.5 Å². The predicted octanol–water partition coefficient (Wildman–Crippen LogP) is 6.83. The van der Waals surface area contributed by atoms with E-state index in [4.69, 9.17) is 9.47 Å². The van der Waals surface area contributed by atoms with Gasteiger partial charge in [-0.05, 0) is 12.8 Å². The van der Waals surface area contributed by atoms with Crippen molar-refractivity contribution in [3.05, 3.63) is 0 Å². The topological polar surface area (TPSA) is 149 Å². The molecule has 7 atom stereocenters. The lowest BCUT2D eigenvalue weighted by atomic mass is 9.99. The summed E-state index contributed by atoms with van der Waals surface area (Å²) in [7, 11) is 0. The molecule has 0 saturated carbocycles. The highest BCUT2D eigenvalue weighted by Gasteiger charge is 2.44. The highest BCUT2D eigenvalue weighted by molar-refractivity contribution is 5.76. The van der Waals surface area contributed by atoms with Gasteiger partial charge in [-0.15, -0.1) is 0 Å². The fourth-order valence-electron chi connectivity index (χ4n) is 6.45. The van der Waals surface area contributed by atoms with E-state index in [2.05, 4.69) is 19.2 Å². The molecule has 0 aliphatic carbocycles. The molecule has 6 N–H and O–H groups in total. The first-order valence-electron chi connectivity index (χ1n) is 19.7. The van der Waals surface area contributed by atoms with Gasteiger partial charge < -0.3 is 40.3 Å². The Morgan fingerprint density at radius 2 is 1.06 bits per heavy atom. The molecular weight excluding hydrogens is 598 g/mol. The smallest absolute Gasteiger partial charge is 0.220 e. The maximum absolute atomic E-state index is 12.9. The second-order valence-corrected chi connectivity index (χ2v) is 14.1. The van der Waals surface area contributed by atoms with Gasteiger partial charge >= 0.3 is 0 Å². The summed E-state index contributed by atoms with van der Waals surface area (Å²) in [5.74, 6) is -0.145. The number of hydrogen-bond donors (Lipinski definition) is 6. The van der Waals surface area contributed by atoms with Gasteiger partial charge in [0.2, 0.25) is 5.91 Å². The van der Waals surface area contributed by atoms with Crippen LogP contribution in [0.2, 0.25) is 0 Å².